The second-order valence-electron chi connectivity index (χ2n) is 4.46. The predicted molar refractivity (Wildman–Crippen MR) is 81.2 cm³/mol. The number of hydrogen-bond acceptors (Lipinski definition) is 3. The lowest BCUT2D eigenvalue weighted by Crippen LogP contribution is -2.12. The first kappa shape index (κ1) is 15.0. The van der Waals surface area contributed by atoms with Gasteiger partial charge in [0.25, 0.3) is 5.91 Å². The minimum atomic E-state index is -0.363. The Hall–Kier alpha value is -2.40. The van der Waals surface area contributed by atoms with Crippen molar-refractivity contribution in [2.75, 3.05) is 30.9 Å². The first-order chi connectivity index (χ1) is 10.2. The van der Waals surface area contributed by atoms with E-state index < -0.39 is 0 Å². The number of carbonyl (C=O) groups is 1. The van der Waals surface area contributed by atoms with Crippen LogP contribution in [0.2, 0.25) is 0 Å². The highest BCUT2D eigenvalue weighted by molar-refractivity contribution is 6.04. The molecule has 0 atom stereocenters. The summed E-state index contributed by atoms with van der Waals surface area (Å²) in [6.45, 7) is 1.35. The lowest BCUT2D eigenvalue weighted by molar-refractivity contribution is 0.102. The van der Waals surface area contributed by atoms with E-state index in [1.54, 1.807) is 19.2 Å². The second-order valence-corrected chi connectivity index (χ2v) is 4.46. The van der Waals surface area contributed by atoms with Gasteiger partial charge in [0.15, 0.2) is 0 Å². The number of carbonyl (C=O) groups excluding carboxylic acids is 1. The van der Waals surface area contributed by atoms with Crippen LogP contribution in [0.25, 0.3) is 0 Å². The molecule has 5 heteroatoms. The van der Waals surface area contributed by atoms with Gasteiger partial charge < -0.3 is 15.4 Å². The van der Waals surface area contributed by atoms with Crippen molar-refractivity contribution < 1.29 is 13.9 Å². The maximum absolute atomic E-state index is 12.8. The lowest BCUT2D eigenvalue weighted by Gasteiger charge is -2.08. The Bertz CT molecular complexity index is 582. The van der Waals surface area contributed by atoms with Gasteiger partial charge >= 0.3 is 0 Å². The molecular formula is C16H17FN2O2. The molecule has 2 aromatic rings. The molecule has 21 heavy (non-hydrogen) atoms. The first-order valence-electron chi connectivity index (χ1n) is 6.59. The van der Waals surface area contributed by atoms with Crippen LogP contribution in [0.3, 0.4) is 0 Å². The fourth-order valence-corrected chi connectivity index (χ4v) is 1.77. The maximum Gasteiger partial charge on any atom is 0.255 e. The van der Waals surface area contributed by atoms with E-state index in [9.17, 15) is 9.18 Å². The molecule has 2 rings (SSSR count). The van der Waals surface area contributed by atoms with Crippen molar-refractivity contribution >= 4 is 17.3 Å². The van der Waals surface area contributed by atoms with Gasteiger partial charge in [0, 0.05) is 30.6 Å². The third kappa shape index (κ3) is 4.57. The number of ether oxygens (including phenoxy) is 1. The zero-order chi connectivity index (χ0) is 15.1. The molecule has 0 aromatic heterocycles. The Morgan fingerprint density at radius 1 is 1.05 bits per heavy atom. The van der Waals surface area contributed by atoms with Crippen molar-refractivity contribution in [3.63, 3.8) is 0 Å². The Morgan fingerprint density at radius 2 is 1.67 bits per heavy atom. The summed E-state index contributed by atoms with van der Waals surface area (Å²) >= 11 is 0. The molecule has 2 aromatic carbocycles. The van der Waals surface area contributed by atoms with Gasteiger partial charge in [-0.25, -0.2) is 4.39 Å². The normalized spacial score (nSPS) is 10.2. The zero-order valence-corrected chi connectivity index (χ0v) is 11.7. The molecule has 1 amide bonds. The van der Waals surface area contributed by atoms with E-state index >= 15 is 0 Å². The molecule has 0 bridgehead atoms. The average Bonchev–Trinajstić information content (AvgIpc) is 2.50. The maximum atomic E-state index is 12.8. The molecule has 4 nitrogen and oxygen atoms in total. The number of anilines is 2. The number of methoxy groups -OCH3 is 1. The van der Waals surface area contributed by atoms with Gasteiger partial charge in [0.2, 0.25) is 0 Å². The van der Waals surface area contributed by atoms with Crippen LogP contribution in [-0.4, -0.2) is 26.2 Å². The van der Waals surface area contributed by atoms with Crippen LogP contribution in [0.1, 0.15) is 10.4 Å². The fourth-order valence-electron chi connectivity index (χ4n) is 1.77. The summed E-state index contributed by atoms with van der Waals surface area (Å²) in [7, 11) is 1.65. The third-order valence-corrected chi connectivity index (χ3v) is 2.88. The smallest absolute Gasteiger partial charge is 0.255 e. The molecule has 0 fully saturated rings. The van der Waals surface area contributed by atoms with Crippen LogP contribution in [-0.2, 0) is 4.74 Å². The van der Waals surface area contributed by atoms with E-state index in [0.29, 0.717) is 17.9 Å². The molecule has 0 radical (unpaired) electrons. The lowest BCUT2D eigenvalue weighted by atomic mass is 10.2. The SMILES string of the molecule is COCCNc1ccc(NC(=O)c2ccc(F)cc2)cc1. The Balaban J connectivity index is 1.93. The van der Waals surface area contributed by atoms with Gasteiger partial charge in [-0.15, -0.1) is 0 Å². The Kier molecular flexibility index (Phi) is 5.29. The van der Waals surface area contributed by atoms with Crippen molar-refractivity contribution in [1.29, 1.82) is 0 Å². The van der Waals surface area contributed by atoms with Crippen LogP contribution in [0.5, 0.6) is 0 Å². The molecule has 0 aliphatic rings. The number of amides is 1. The van der Waals surface area contributed by atoms with E-state index in [2.05, 4.69) is 10.6 Å². The van der Waals surface area contributed by atoms with Crippen LogP contribution < -0.4 is 10.6 Å². The van der Waals surface area contributed by atoms with E-state index in [1.165, 1.54) is 24.3 Å². The summed E-state index contributed by atoms with van der Waals surface area (Å²) in [5.41, 5.74) is 2.05. The van der Waals surface area contributed by atoms with Gasteiger partial charge in [-0.3, -0.25) is 4.79 Å². The highest BCUT2D eigenvalue weighted by atomic mass is 19.1. The zero-order valence-electron chi connectivity index (χ0n) is 11.7. The van der Waals surface area contributed by atoms with Gasteiger partial charge in [0.1, 0.15) is 5.82 Å². The van der Waals surface area contributed by atoms with Gasteiger partial charge in [-0.05, 0) is 48.5 Å². The molecule has 2 N–H and O–H groups in total. The second kappa shape index (κ2) is 7.40. The summed E-state index contributed by atoms with van der Waals surface area (Å²) in [4.78, 5) is 12.0. The summed E-state index contributed by atoms with van der Waals surface area (Å²) < 4.78 is 17.8. The highest BCUT2D eigenvalue weighted by Crippen LogP contribution is 2.14. The molecule has 0 aliphatic carbocycles. The minimum absolute atomic E-state index is 0.268. The van der Waals surface area contributed by atoms with Gasteiger partial charge in [-0.2, -0.15) is 0 Å². The van der Waals surface area contributed by atoms with Crippen LogP contribution in [0.4, 0.5) is 15.8 Å². The molecule has 0 spiro atoms. The number of rotatable bonds is 6. The molecular weight excluding hydrogens is 271 g/mol. The quantitative estimate of drug-likeness (QED) is 0.803. The monoisotopic (exact) mass is 288 g/mol. The Labute approximate surface area is 122 Å². The van der Waals surface area contributed by atoms with Crippen LogP contribution in [0.15, 0.2) is 48.5 Å². The van der Waals surface area contributed by atoms with Crippen molar-refractivity contribution in [1.82, 2.24) is 0 Å². The van der Waals surface area contributed by atoms with Crippen LogP contribution in [0, 0.1) is 5.82 Å². The van der Waals surface area contributed by atoms with Crippen LogP contribution >= 0.6 is 0 Å². The van der Waals surface area contributed by atoms with E-state index in [1.807, 2.05) is 12.1 Å². The van der Waals surface area contributed by atoms with E-state index in [0.717, 1.165) is 12.2 Å². The number of nitrogens with one attached hydrogen (secondary N) is 2. The number of benzene rings is 2. The topological polar surface area (TPSA) is 50.4 Å². The number of halogens is 1. The molecule has 0 saturated heterocycles. The van der Waals surface area contributed by atoms with Crippen molar-refractivity contribution in [3.05, 3.63) is 59.9 Å². The van der Waals surface area contributed by atoms with Crippen molar-refractivity contribution in [2.45, 2.75) is 0 Å². The molecule has 0 saturated carbocycles. The van der Waals surface area contributed by atoms with Gasteiger partial charge in [0.05, 0.1) is 6.61 Å². The van der Waals surface area contributed by atoms with Gasteiger partial charge in [-0.1, -0.05) is 0 Å². The Morgan fingerprint density at radius 3 is 2.29 bits per heavy atom. The van der Waals surface area contributed by atoms with E-state index in [4.69, 9.17) is 4.74 Å². The standard InChI is InChI=1S/C16H17FN2O2/c1-21-11-10-18-14-6-8-15(9-7-14)19-16(20)12-2-4-13(17)5-3-12/h2-9,18H,10-11H2,1H3,(H,19,20). The molecule has 0 unspecified atom stereocenters. The average molecular weight is 288 g/mol. The largest absolute Gasteiger partial charge is 0.383 e. The highest BCUT2D eigenvalue weighted by Gasteiger charge is 2.05. The number of hydrogen-bond donors (Lipinski definition) is 2. The summed E-state index contributed by atoms with van der Waals surface area (Å²) in [5, 5.41) is 5.94. The molecule has 0 aliphatic heterocycles. The van der Waals surface area contributed by atoms with E-state index in [-0.39, 0.29) is 11.7 Å². The molecule has 0 heterocycles. The van der Waals surface area contributed by atoms with Crippen molar-refractivity contribution in [2.24, 2.45) is 0 Å². The first-order valence-corrected chi connectivity index (χ1v) is 6.59. The third-order valence-electron chi connectivity index (χ3n) is 2.88. The minimum Gasteiger partial charge on any atom is -0.383 e. The molecule has 110 valence electrons. The summed E-state index contributed by atoms with van der Waals surface area (Å²) in [6, 6.07) is 12.8. The predicted octanol–water partition coefficient (Wildman–Crippen LogP) is 3.14. The summed E-state index contributed by atoms with van der Waals surface area (Å²) in [5.74, 6) is -0.631. The fraction of sp³-hybridized carbons (Fsp3) is 0.188. The van der Waals surface area contributed by atoms with Crippen molar-refractivity contribution in [3.8, 4) is 0 Å². The summed E-state index contributed by atoms with van der Waals surface area (Å²) in [6.07, 6.45) is 0.